The van der Waals surface area contributed by atoms with Crippen LogP contribution < -0.4 is 11.2 Å². The first kappa shape index (κ1) is 21.5. The van der Waals surface area contributed by atoms with Gasteiger partial charge in [-0.3, -0.25) is 0 Å². The van der Waals surface area contributed by atoms with E-state index in [9.17, 15) is 19.8 Å². The van der Waals surface area contributed by atoms with Gasteiger partial charge in [0, 0.05) is 0 Å². The van der Waals surface area contributed by atoms with Crippen LogP contribution in [0.3, 0.4) is 0 Å². The molecule has 0 bridgehead atoms. The Balaban J connectivity index is 2.45. The van der Waals surface area contributed by atoms with Crippen molar-refractivity contribution in [1.82, 2.24) is 9.55 Å². The number of aliphatic hydroxyl groups is 2. The van der Waals surface area contributed by atoms with E-state index in [1.165, 1.54) is 16.8 Å². The van der Waals surface area contributed by atoms with Crippen LogP contribution in [-0.2, 0) is 9.47 Å². The Morgan fingerprint density at radius 2 is 2.08 bits per heavy atom. The molecule has 0 unspecified atom stereocenters. The van der Waals surface area contributed by atoms with Crippen molar-refractivity contribution in [3.63, 3.8) is 0 Å². The molecule has 9 heteroatoms. The molecule has 0 radical (unpaired) electrons. The fourth-order valence-corrected chi connectivity index (χ4v) is 4.53. The zero-order valence-corrected chi connectivity index (χ0v) is 19.3. The van der Waals surface area contributed by atoms with E-state index in [2.05, 4.69) is 4.98 Å². The molecule has 0 aromatic carbocycles. The van der Waals surface area contributed by atoms with Crippen LogP contribution in [-0.4, -0.2) is 69.9 Å². The third-order valence-corrected chi connectivity index (χ3v) is 5.69. The Labute approximate surface area is 164 Å². The zero-order chi connectivity index (χ0) is 19.3. The third-order valence-electron chi connectivity index (χ3n) is 4.64. The number of aromatic amines is 1. The average Bonchev–Trinajstić information content (AvgIpc) is 2.87. The van der Waals surface area contributed by atoms with E-state index in [1.54, 1.807) is 0 Å². The number of hydrogen-bond donors (Lipinski definition) is 3. The van der Waals surface area contributed by atoms with Gasteiger partial charge in [0.1, 0.15) is 0 Å². The van der Waals surface area contributed by atoms with Crippen molar-refractivity contribution in [3.8, 4) is 0 Å². The Morgan fingerprint density at radius 1 is 1.38 bits per heavy atom. The molecular formula is C17H28N2O6Sn. The first-order valence-electron chi connectivity index (χ1n) is 9.03. The molecule has 1 aromatic heterocycles. The number of unbranched alkanes of at least 4 members (excludes halogenated alkanes) is 2. The van der Waals surface area contributed by atoms with E-state index in [4.69, 9.17) is 9.47 Å². The van der Waals surface area contributed by atoms with Gasteiger partial charge in [0.05, 0.1) is 0 Å². The first-order chi connectivity index (χ1) is 12.3. The van der Waals surface area contributed by atoms with Crippen molar-refractivity contribution in [2.24, 2.45) is 0 Å². The van der Waals surface area contributed by atoms with E-state index in [0.717, 1.165) is 25.7 Å². The number of nitrogens with one attached hydrogen (secondary N) is 1. The second kappa shape index (κ2) is 9.40. The molecule has 8 nitrogen and oxygen atoms in total. The predicted molar refractivity (Wildman–Crippen MR) is 99.8 cm³/mol. The Kier molecular flexibility index (Phi) is 7.77. The first-order valence-corrected chi connectivity index (χ1v) is 11.1. The monoisotopic (exact) mass is 476 g/mol. The topological polar surface area (TPSA) is 114 Å². The molecule has 0 aliphatic carbocycles. The number of H-pyrrole nitrogens is 1. The van der Waals surface area contributed by atoms with Gasteiger partial charge < -0.3 is 0 Å². The average molecular weight is 475 g/mol. The molecule has 1 saturated heterocycles. The van der Waals surface area contributed by atoms with E-state index in [0.29, 0.717) is 13.0 Å². The number of nitrogens with zero attached hydrogens (tertiary/aromatic N) is 1. The van der Waals surface area contributed by atoms with Crippen LogP contribution in [0.2, 0.25) is 0 Å². The molecule has 1 fully saturated rings. The van der Waals surface area contributed by atoms with Crippen molar-refractivity contribution < 1.29 is 19.7 Å². The summed E-state index contributed by atoms with van der Waals surface area (Å²) < 4.78 is 13.2. The van der Waals surface area contributed by atoms with E-state index >= 15 is 0 Å². The number of rotatable bonds is 9. The standard InChI is InChI=1S/C17H26N2O6.Sn.2H/c1-3-5-8-17(23)12(11-20)25-15(14(17)24-10-6-4-2)19-9-7-13(21)18-16(19)22;;;/h7,9,12,14-15,20,23H,3-6,8,10H2,1-2H3,(H,18,21,22);;;/t12-,14+,15-,17-;;;/m1.../s1. The zero-order valence-electron chi connectivity index (χ0n) is 15.3. The van der Waals surface area contributed by atoms with E-state index in [-0.39, 0.29) is 25.8 Å². The molecule has 26 heavy (non-hydrogen) atoms. The van der Waals surface area contributed by atoms with Crippen molar-refractivity contribution in [3.05, 3.63) is 33.1 Å². The molecule has 0 amide bonds. The van der Waals surface area contributed by atoms with Crippen LogP contribution in [0.5, 0.6) is 0 Å². The van der Waals surface area contributed by atoms with Crippen molar-refractivity contribution in [2.75, 3.05) is 6.61 Å². The second-order valence-corrected chi connectivity index (χ2v) is 8.72. The molecule has 1 aliphatic heterocycles. The van der Waals surface area contributed by atoms with Gasteiger partial charge in [-0.25, -0.2) is 0 Å². The minimum atomic E-state index is -1.43. The molecule has 0 saturated carbocycles. The summed E-state index contributed by atoms with van der Waals surface area (Å²) in [6, 6.07) is 1.22. The second-order valence-electron chi connectivity index (χ2n) is 6.66. The van der Waals surface area contributed by atoms with Crippen LogP contribution >= 0.6 is 0 Å². The third kappa shape index (κ3) is 4.53. The summed E-state index contributed by atoms with van der Waals surface area (Å²) in [4.78, 5) is 25.8. The van der Waals surface area contributed by atoms with Crippen LogP contribution in [0.25, 0.3) is 0 Å². The van der Waals surface area contributed by atoms with Crippen molar-refractivity contribution >= 4 is 25.8 Å². The van der Waals surface area contributed by atoms with Gasteiger partial charge in [0.15, 0.2) is 0 Å². The van der Waals surface area contributed by atoms with Crippen LogP contribution in [0.15, 0.2) is 21.9 Å². The Hall–Kier alpha value is -0.811. The van der Waals surface area contributed by atoms with Gasteiger partial charge in [-0.2, -0.15) is 0 Å². The normalized spacial score (nSPS) is 28.4. The quantitative estimate of drug-likeness (QED) is 0.334. The summed E-state index contributed by atoms with van der Waals surface area (Å²) in [6.07, 6.45) is 2.38. The molecule has 2 rings (SSSR count). The molecule has 1 aliphatic rings. The van der Waals surface area contributed by atoms with Gasteiger partial charge in [0.2, 0.25) is 0 Å². The number of ether oxygens (including phenoxy) is 2. The molecule has 4 atom stereocenters. The minimum absolute atomic E-state index is 0.0704. The van der Waals surface area contributed by atoms with Gasteiger partial charge in [-0.05, 0) is 0 Å². The summed E-state index contributed by atoms with van der Waals surface area (Å²) in [5.74, 6) is 0. The number of aromatic nitrogens is 2. The molecule has 146 valence electrons. The fourth-order valence-electron chi connectivity index (χ4n) is 3.25. The van der Waals surface area contributed by atoms with Gasteiger partial charge in [-0.1, -0.05) is 0 Å². The van der Waals surface area contributed by atoms with Crippen LogP contribution in [0, 0.1) is 0 Å². The number of aliphatic hydroxyl groups excluding tert-OH is 1. The summed E-state index contributed by atoms with van der Waals surface area (Å²) in [5, 5.41) is 21.6. The van der Waals surface area contributed by atoms with Crippen LogP contribution in [0.1, 0.15) is 52.2 Å². The maximum absolute atomic E-state index is 12.2. The number of hydrogen-bond acceptors (Lipinski definition) is 6. The summed E-state index contributed by atoms with van der Waals surface area (Å²) in [5.41, 5.74) is -2.57. The van der Waals surface area contributed by atoms with E-state index in [1.807, 2.05) is 13.8 Å². The van der Waals surface area contributed by atoms with Crippen molar-refractivity contribution in [2.45, 2.75) is 70.0 Å². The Morgan fingerprint density at radius 3 is 2.65 bits per heavy atom. The molecule has 2 heterocycles. The summed E-state index contributed by atoms with van der Waals surface area (Å²) >= 11 is 0.0704. The predicted octanol–water partition coefficient (Wildman–Crippen LogP) is -0.324. The van der Waals surface area contributed by atoms with Gasteiger partial charge in [0.25, 0.3) is 0 Å². The van der Waals surface area contributed by atoms with E-state index < -0.39 is 35.3 Å². The SMILES string of the molecule is CCCCO[C@H]1[C@H](n2ccc(=O)[nH]c2=O)O[C@H]([C](O)=[SnH2])[C@]1(O)CCCC. The fraction of sp³-hybridized carbons (Fsp3) is 0.706. The maximum atomic E-state index is 12.2. The Bertz CT molecular complexity index is 732. The van der Waals surface area contributed by atoms with Crippen molar-refractivity contribution in [1.29, 1.82) is 0 Å². The van der Waals surface area contributed by atoms with Crippen LogP contribution in [0.4, 0.5) is 0 Å². The summed E-state index contributed by atoms with van der Waals surface area (Å²) in [7, 11) is 0. The molecule has 1 aromatic rings. The molecule has 3 N–H and O–H groups in total. The summed E-state index contributed by atoms with van der Waals surface area (Å²) in [6.45, 7) is 4.45. The molecule has 0 spiro atoms. The van der Waals surface area contributed by atoms with Gasteiger partial charge in [-0.15, -0.1) is 0 Å². The molecular weight excluding hydrogens is 447 g/mol. The van der Waals surface area contributed by atoms with Gasteiger partial charge >= 0.3 is 165 Å².